The summed E-state index contributed by atoms with van der Waals surface area (Å²) in [5, 5.41) is 5.20. The fourth-order valence-electron chi connectivity index (χ4n) is 2.26. The molecule has 0 aliphatic heterocycles. The van der Waals surface area contributed by atoms with Gasteiger partial charge in [0.15, 0.2) is 6.61 Å². The molecule has 2 atom stereocenters. The molecule has 148 valence electrons. The van der Waals surface area contributed by atoms with E-state index < -0.39 is 30.1 Å². The van der Waals surface area contributed by atoms with Gasteiger partial charge in [0.25, 0.3) is 0 Å². The van der Waals surface area contributed by atoms with Crippen LogP contribution in [0.3, 0.4) is 0 Å². The van der Waals surface area contributed by atoms with Crippen LogP contribution in [0.5, 0.6) is 0 Å². The van der Waals surface area contributed by atoms with Gasteiger partial charge in [-0.1, -0.05) is 40.5 Å². The molecule has 0 rings (SSSR count). The molecule has 0 fully saturated rings. The van der Waals surface area contributed by atoms with Crippen molar-refractivity contribution in [2.24, 2.45) is 11.8 Å². The molecule has 0 heterocycles. The van der Waals surface area contributed by atoms with Gasteiger partial charge in [0.05, 0.1) is 6.61 Å². The Balaban J connectivity index is 5.04. The van der Waals surface area contributed by atoms with Crippen LogP contribution in [0.25, 0.3) is 0 Å². The lowest BCUT2D eigenvalue weighted by atomic mass is 10.0. The Hall–Kier alpha value is -2.23. The number of alkyl carbamates (subject to hydrolysis) is 1. The number of carbonyl (C=O) groups is 3. The van der Waals surface area contributed by atoms with Gasteiger partial charge >= 0.3 is 12.1 Å². The van der Waals surface area contributed by atoms with Crippen LogP contribution in [0.4, 0.5) is 4.79 Å². The van der Waals surface area contributed by atoms with Gasteiger partial charge in [0.2, 0.25) is 5.91 Å². The van der Waals surface area contributed by atoms with E-state index in [0.29, 0.717) is 25.9 Å². The van der Waals surface area contributed by atoms with Crippen molar-refractivity contribution in [3.05, 3.63) is 0 Å². The third-order valence-electron chi connectivity index (χ3n) is 3.36. The van der Waals surface area contributed by atoms with Crippen molar-refractivity contribution in [2.75, 3.05) is 13.2 Å². The fraction of sp³-hybridized carbons (Fsp3) is 0.737. The molecule has 0 saturated carbocycles. The van der Waals surface area contributed by atoms with Crippen LogP contribution in [-0.4, -0.2) is 43.3 Å². The second kappa shape index (κ2) is 13.0. The zero-order chi connectivity index (χ0) is 20.1. The van der Waals surface area contributed by atoms with Gasteiger partial charge in [-0.15, -0.1) is 6.42 Å². The molecule has 0 aliphatic rings. The lowest BCUT2D eigenvalue weighted by Gasteiger charge is -2.24. The minimum absolute atomic E-state index is 0.147. The first-order chi connectivity index (χ1) is 12.2. The number of amides is 2. The third-order valence-corrected chi connectivity index (χ3v) is 3.36. The maximum atomic E-state index is 12.6. The number of ether oxygens (including phenoxy) is 2. The number of esters is 1. The Kier molecular flexibility index (Phi) is 11.9. The summed E-state index contributed by atoms with van der Waals surface area (Å²) in [6.07, 6.45) is 5.83. The van der Waals surface area contributed by atoms with Crippen molar-refractivity contribution < 1.29 is 23.9 Å². The van der Waals surface area contributed by atoms with Crippen LogP contribution < -0.4 is 10.6 Å². The van der Waals surface area contributed by atoms with E-state index in [9.17, 15) is 14.4 Å². The minimum atomic E-state index is -0.825. The average molecular weight is 368 g/mol. The number of carbonyl (C=O) groups excluding carboxylic acids is 3. The molecule has 0 aromatic rings. The van der Waals surface area contributed by atoms with Crippen LogP contribution in [0.15, 0.2) is 0 Å². The number of terminal acetylenes is 1. The highest BCUT2D eigenvalue weighted by atomic mass is 16.5. The summed E-state index contributed by atoms with van der Waals surface area (Å²) >= 11 is 0. The summed E-state index contributed by atoms with van der Waals surface area (Å²) in [7, 11) is 0. The largest absolute Gasteiger partial charge is 0.464 e. The third kappa shape index (κ3) is 10.6. The summed E-state index contributed by atoms with van der Waals surface area (Å²) in [5.74, 6) is 1.61. The van der Waals surface area contributed by atoms with Gasteiger partial charge < -0.3 is 20.1 Å². The Bertz CT molecular complexity index is 497. The topological polar surface area (TPSA) is 93.7 Å². The second-order valence-corrected chi connectivity index (χ2v) is 6.96. The van der Waals surface area contributed by atoms with Crippen LogP contribution in [0.2, 0.25) is 0 Å². The molecular formula is C19H32N2O5. The van der Waals surface area contributed by atoms with Gasteiger partial charge in [-0.2, -0.15) is 0 Å². The van der Waals surface area contributed by atoms with E-state index in [0.717, 1.165) is 0 Å². The summed E-state index contributed by atoms with van der Waals surface area (Å²) in [5.41, 5.74) is 0. The molecule has 2 amide bonds. The maximum absolute atomic E-state index is 12.6. The first-order valence-corrected chi connectivity index (χ1v) is 9.04. The number of nitrogens with one attached hydrogen (secondary N) is 2. The van der Waals surface area contributed by atoms with Crippen LogP contribution in [0, 0.1) is 24.2 Å². The zero-order valence-corrected chi connectivity index (χ0v) is 16.5. The maximum Gasteiger partial charge on any atom is 0.408 e. The van der Waals surface area contributed by atoms with E-state index in [2.05, 4.69) is 16.6 Å². The van der Waals surface area contributed by atoms with Crippen molar-refractivity contribution in [1.29, 1.82) is 0 Å². The van der Waals surface area contributed by atoms with Crippen LogP contribution in [-0.2, 0) is 19.1 Å². The summed E-state index contributed by atoms with van der Waals surface area (Å²) in [6, 6.07) is -1.58. The highest BCUT2D eigenvalue weighted by molar-refractivity contribution is 5.89. The van der Waals surface area contributed by atoms with E-state index in [-0.39, 0.29) is 18.4 Å². The van der Waals surface area contributed by atoms with Gasteiger partial charge in [-0.05, 0) is 31.1 Å². The van der Waals surface area contributed by atoms with E-state index in [1.54, 1.807) is 0 Å². The standard InChI is InChI=1S/C19H32N2O5/c1-7-9-25-18(23)16(12-14(5)6)20-17(22)15(11-13(3)4)21-19(24)26-10-8-2/h2,13-16H,7,9-12H2,1,3-6H3,(H,20,22)(H,21,24). The summed E-state index contributed by atoms with van der Waals surface area (Å²) in [4.78, 5) is 36.6. The molecule has 7 heteroatoms. The number of hydrogen-bond donors (Lipinski definition) is 2. The molecule has 26 heavy (non-hydrogen) atoms. The molecule has 0 aromatic heterocycles. The Labute approximate surface area is 156 Å². The predicted molar refractivity (Wildman–Crippen MR) is 99.2 cm³/mol. The van der Waals surface area contributed by atoms with E-state index in [4.69, 9.17) is 15.9 Å². The molecule has 0 saturated heterocycles. The lowest BCUT2D eigenvalue weighted by Crippen LogP contribution is -2.52. The monoisotopic (exact) mass is 368 g/mol. The lowest BCUT2D eigenvalue weighted by molar-refractivity contribution is -0.148. The highest BCUT2D eigenvalue weighted by Gasteiger charge is 2.29. The van der Waals surface area contributed by atoms with Crippen molar-refractivity contribution in [1.82, 2.24) is 10.6 Å². The van der Waals surface area contributed by atoms with E-state index >= 15 is 0 Å². The van der Waals surface area contributed by atoms with Crippen LogP contribution >= 0.6 is 0 Å². The fourth-order valence-corrected chi connectivity index (χ4v) is 2.26. The van der Waals surface area contributed by atoms with Crippen molar-refractivity contribution in [2.45, 2.75) is 66.0 Å². The van der Waals surface area contributed by atoms with Crippen LogP contribution in [0.1, 0.15) is 53.9 Å². The molecule has 0 bridgehead atoms. The second-order valence-electron chi connectivity index (χ2n) is 6.96. The van der Waals surface area contributed by atoms with E-state index in [1.807, 2.05) is 34.6 Å². The van der Waals surface area contributed by atoms with Gasteiger partial charge in [0.1, 0.15) is 12.1 Å². The van der Waals surface area contributed by atoms with Gasteiger partial charge in [-0.3, -0.25) is 4.79 Å². The Morgan fingerprint density at radius 1 is 0.962 bits per heavy atom. The molecule has 7 nitrogen and oxygen atoms in total. The molecule has 2 N–H and O–H groups in total. The molecule has 0 aliphatic carbocycles. The smallest absolute Gasteiger partial charge is 0.408 e. The first-order valence-electron chi connectivity index (χ1n) is 9.04. The predicted octanol–water partition coefficient (Wildman–Crippen LogP) is 2.24. The summed E-state index contributed by atoms with van der Waals surface area (Å²) < 4.78 is 9.93. The highest BCUT2D eigenvalue weighted by Crippen LogP contribution is 2.10. The molecule has 0 radical (unpaired) electrons. The van der Waals surface area contributed by atoms with Gasteiger partial charge in [-0.25, -0.2) is 9.59 Å². The molecule has 0 spiro atoms. The van der Waals surface area contributed by atoms with Crippen molar-refractivity contribution in [3.63, 3.8) is 0 Å². The Morgan fingerprint density at radius 3 is 2.04 bits per heavy atom. The molecule has 0 aromatic carbocycles. The van der Waals surface area contributed by atoms with Gasteiger partial charge in [0, 0.05) is 0 Å². The van der Waals surface area contributed by atoms with Crippen molar-refractivity contribution in [3.8, 4) is 12.3 Å². The zero-order valence-electron chi connectivity index (χ0n) is 16.5. The average Bonchev–Trinajstić information content (AvgIpc) is 2.55. The molecular weight excluding hydrogens is 336 g/mol. The van der Waals surface area contributed by atoms with E-state index in [1.165, 1.54) is 0 Å². The SMILES string of the molecule is C#CCOC(=O)NC(CC(C)C)C(=O)NC(CC(C)C)C(=O)OCCC. The number of rotatable bonds is 11. The number of hydrogen-bond acceptors (Lipinski definition) is 5. The summed E-state index contributed by atoms with van der Waals surface area (Å²) in [6.45, 7) is 9.77. The quantitative estimate of drug-likeness (QED) is 0.431. The Morgan fingerprint density at radius 2 is 1.54 bits per heavy atom. The minimum Gasteiger partial charge on any atom is -0.464 e. The molecule has 2 unspecified atom stereocenters. The first kappa shape index (κ1) is 23.8. The normalized spacial score (nSPS) is 12.8. The van der Waals surface area contributed by atoms with Crippen molar-refractivity contribution >= 4 is 18.0 Å².